The fourth-order valence-electron chi connectivity index (χ4n) is 7.05. The van der Waals surface area contributed by atoms with Crippen molar-refractivity contribution in [3.8, 4) is 73.6 Å². The molecule has 2 heterocycles. The van der Waals surface area contributed by atoms with Crippen LogP contribution < -0.4 is 0 Å². The Morgan fingerprint density at radius 1 is 0.403 bits per heavy atom. The van der Waals surface area contributed by atoms with Crippen molar-refractivity contribution in [1.29, 1.82) is 1.28 Å². The lowest BCUT2D eigenvalue weighted by atomic mass is 9.86. The van der Waals surface area contributed by atoms with E-state index < -0.39 is 0 Å². The Hall–Kier alpha value is -6.69. The third-order valence-electron chi connectivity index (χ3n) is 10.6. The average Bonchev–Trinajstić information content (AvgIpc) is 3.99. The van der Waals surface area contributed by atoms with Crippen LogP contribution in [0.4, 0.5) is 0 Å². The molecule has 0 amide bonds. The smallest absolute Gasteiger partial charge is 0.248 e. The lowest BCUT2D eigenvalue weighted by Crippen LogP contribution is -2.10. The number of para-hydroxylation sites is 1. The highest BCUT2D eigenvalue weighted by Gasteiger charge is 2.20. The summed E-state index contributed by atoms with van der Waals surface area (Å²) in [6.07, 6.45) is 0. The minimum atomic E-state index is -0.167. The van der Waals surface area contributed by atoms with E-state index in [0.717, 1.165) is 45.2 Å². The van der Waals surface area contributed by atoms with Crippen LogP contribution in [0, 0.1) is 0 Å². The molecule has 62 heavy (non-hydrogen) atoms. The van der Waals surface area contributed by atoms with E-state index in [0.29, 0.717) is 11.8 Å². The minimum Gasteiger partial charge on any atom is -0.416 e. The van der Waals surface area contributed by atoms with Crippen molar-refractivity contribution in [2.75, 3.05) is 0 Å². The first-order valence-corrected chi connectivity index (χ1v) is 21.3. The van der Waals surface area contributed by atoms with Crippen LogP contribution in [0.2, 0.25) is 0 Å². The summed E-state index contributed by atoms with van der Waals surface area (Å²) in [5.74, 6) is 2.74. The molecule has 0 aliphatic heterocycles. The van der Waals surface area contributed by atoms with Gasteiger partial charge in [-0.05, 0) is 80.6 Å². The number of nitrogens with zero attached hydrogens (tertiary/aromatic N) is 5. The van der Waals surface area contributed by atoms with Crippen molar-refractivity contribution >= 4 is 16.6 Å². The molecule has 0 spiro atoms. The molecule has 0 saturated heterocycles. The summed E-state index contributed by atoms with van der Waals surface area (Å²) in [6, 6.07) is 64.7. The molecule has 306 valence electrons. The van der Waals surface area contributed by atoms with Gasteiger partial charge in [-0.1, -0.05) is 193 Å². The summed E-state index contributed by atoms with van der Waals surface area (Å²) >= 11 is 0. The van der Waals surface area contributed by atoms with Gasteiger partial charge in [0.15, 0.2) is 11.6 Å². The molecule has 0 N–H and O–H groups in total. The Balaban J connectivity index is 0.000000181. The van der Waals surface area contributed by atoms with Crippen molar-refractivity contribution in [3.63, 3.8) is 0 Å². The molecule has 6 nitrogen and oxygen atoms in total. The maximum absolute atomic E-state index is 6.01. The van der Waals surface area contributed by atoms with Gasteiger partial charge in [-0.15, -0.1) is 20.4 Å². The van der Waals surface area contributed by atoms with Gasteiger partial charge in [-0.25, -0.2) is 0 Å². The minimum absolute atomic E-state index is 0.108. The topological polar surface area (TPSA) is 69.6 Å². The van der Waals surface area contributed by atoms with Crippen LogP contribution in [0.15, 0.2) is 192 Å². The quantitative estimate of drug-likeness (QED) is 0.118. The number of hydrogen-bond acceptors (Lipinski definition) is 5. The van der Waals surface area contributed by atoms with E-state index in [1.54, 1.807) is 0 Å². The van der Waals surface area contributed by atoms with E-state index in [1.165, 1.54) is 27.8 Å². The highest BCUT2D eigenvalue weighted by atomic mass is 31.0. The summed E-state index contributed by atoms with van der Waals surface area (Å²) in [5, 5.41) is 17.7. The Bertz CT molecular complexity index is 2800. The molecule has 0 aliphatic carbocycles. The van der Waals surface area contributed by atoms with Crippen molar-refractivity contribution in [2.45, 2.75) is 52.4 Å². The predicted molar refractivity (Wildman–Crippen MR) is 261 cm³/mol. The van der Waals surface area contributed by atoms with Crippen molar-refractivity contribution in [1.82, 2.24) is 25.0 Å². The van der Waals surface area contributed by atoms with E-state index in [4.69, 9.17) is 5.70 Å². The van der Waals surface area contributed by atoms with E-state index in [9.17, 15) is 0 Å². The number of hydrogen-bond donors (Lipinski definition) is 0. The van der Waals surface area contributed by atoms with Gasteiger partial charge in [0.05, 0.1) is 7.57 Å². The lowest BCUT2D eigenvalue weighted by Gasteiger charge is -2.19. The fourth-order valence-corrected chi connectivity index (χ4v) is 7.05. The molecule has 2 radical (unpaired) electrons. The molecule has 9 rings (SSSR count). The van der Waals surface area contributed by atoms with Gasteiger partial charge in [0.25, 0.3) is 0 Å². The van der Waals surface area contributed by atoms with Crippen LogP contribution in [0.25, 0.3) is 73.6 Å². The third-order valence-corrected chi connectivity index (χ3v) is 10.6. The van der Waals surface area contributed by atoms with Gasteiger partial charge in [0.2, 0.25) is 11.8 Å². The van der Waals surface area contributed by atoms with E-state index in [1.807, 2.05) is 66.7 Å². The molecular weight excluding hydrogens is 776 g/mol. The zero-order valence-corrected chi connectivity index (χ0v) is 37.1. The normalized spacial score (nSPS) is 11.6. The molecule has 7 aromatic carbocycles. The molecule has 1 atom stereocenters. The van der Waals surface area contributed by atoms with Gasteiger partial charge < -0.3 is 4.42 Å². The van der Waals surface area contributed by atoms with Gasteiger partial charge in [-0.2, -0.15) is 9.06 Å². The summed E-state index contributed by atoms with van der Waals surface area (Å²) in [7, 11) is 4.38. The van der Waals surface area contributed by atoms with Crippen molar-refractivity contribution in [3.05, 3.63) is 199 Å². The van der Waals surface area contributed by atoms with Crippen LogP contribution >= 0.6 is 9.06 Å². The summed E-state index contributed by atoms with van der Waals surface area (Å²) in [6.45, 7) is 13.3. The van der Waals surface area contributed by atoms with Crippen LogP contribution in [0.3, 0.4) is 0 Å². The van der Waals surface area contributed by atoms with Crippen molar-refractivity contribution in [2.24, 2.45) is 0 Å². The molecule has 8 heteroatoms. The monoisotopic (exact) mass is 828 g/mol. The predicted octanol–water partition coefficient (Wildman–Crippen LogP) is 13.9. The van der Waals surface area contributed by atoms with Crippen LogP contribution in [0.1, 0.15) is 52.7 Å². The molecule has 0 aliphatic rings. The van der Waals surface area contributed by atoms with Crippen LogP contribution in [0.5, 0.6) is 0 Å². The highest BCUT2D eigenvalue weighted by Crippen LogP contribution is 2.33. The molecule has 0 bridgehead atoms. The van der Waals surface area contributed by atoms with E-state index >= 15 is 0 Å². The Morgan fingerprint density at radius 2 is 0.694 bits per heavy atom. The fraction of sp³-hybridized carbons (Fsp3) is 0.148. The summed E-state index contributed by atoms with van der Waals surface area (Å²) in [5.41, 5.74) is 12.5. The standard InChI is InChI=1S/C30H27N3.C24H22N2O.BH2P/c1-30(2,3)26-20-18-25(19-21-26)29-32-31-28(33(29)27-12-8-5-9-13-27)24-16-14-23(15-17-24)22-10-6-4-7-11-22;1-24(2,3)21-15-13-20(14-16-21)23-26-25-22(27-23)19-11-9-18(10-12-19)17-7-5-4-6-8-17;1-2/h4-21H,1-3H3;4-16H,1-3H3;2H2/i;;2D. The average molecular weight is 829 g/mol. The van der Waals surface area contributed by atoms with Gasteiger partial charge in [-0.3, -0.25) is 4.57 Å². The SMILES string of the molecule is CC(C)(C)c1ccc(-c2nnc(-c3ccc(-c4ccccc4)cc3)n2-c2ccccc2)cc1.CC(C)(C)c1ccc(-c2nnc(-c3ccc(-c4ccccc4)cc3)o2)cc1.[2H]P[B]. The summed E-state index contributed by atoms with van der Waals surface area (Å²) < 4.78 is 14.1. The maximum atomic E-state index is 6.01. The van der Waals surface area contributed by atoms with E-state index in [-0.39, 0.29) is 19.9 Å². The molecule has 1 unspecified atom stereocenters. The Labute approximate surface area is 371 Å². The second-order valence-electron chi connectivity index (χ2n) is 17.0. The maximum Gasteiger partial charge on any atom is 0.248 e. The first-order chi connectivity index (χ1) is 30.4. The molecule has 2 aromatic heterocycles. The first kappa shape index (κ1) is 42.0. The van der Waals surface area contributed by atoms with Gasteiger partial charge >= 0.3 is 0 Å². The third kappa shape index (κ3) is 10.2. The largest absolute Gasteiger partial charge is 0.416 e. The zero-order chi connectivity index (χ0) is 44.4. The zero-order valence-electron chi connectivity index (χ0n) is 37.1. The Morgan fingerprint density at radius 3 is 1.06 bits per heavy atom. The first-order valence-electron chi connectivity index (χ1n) is 21.2. The second-order valence-corrected chi connectivity index (χ2v) is 17.0. The molecule has 0 fully saturated rings. The molecular formula is C54H51BN5OP. The highest BCUT2D eigenvalue weighted by molar-refractivity contribution is 7.49. The lowest BCUT2D eigenvalue weighted by molar-refractivity contribution is 0.582. The molecule has 9 aromatic rings. The van der Waals surface area contributed by atoms with Gasteiger partial charge in [0.1, 0.15) is 0 Å². The van der Waals surface area contributed by atoms with Gasteiger partial charge in [0, 0.05) is 29.2 Å². The number of rotatable bonds is 7. The van der Waals surface area contributed by atoms with E-state index in [2.05, 4.69) is 195 Å². The number of aromatic nitrogens is 5. The number of benzene rings is 7. The van der Waals surface area contributed by atoms with Crippen LogP contribution in [-0.4, -0.2) is 33.8 Å². The molecule has 0 saturated carbocycles. The summed E-state index contributed by atoms with van der Waals surface area (Å²) in [4.78, 5) is 0. The second kappa shape index (κ2) is 19.4. The van der Waals surface area contributed by atoms with Crippen molar-refractivity contribution < 1.29 is 4.42 Å². The van der Waals surface area contributed by atoms with Crippen LogP contribution in [-0.2, 0) is 10.8 Å². The Kier molecular flexibility index (Phi) is 13.1.